The lowest BCUT2D eigenvalue weighted by molar-refractivity contribution is 0.539. The number of rotatable bonds is 5. The zero-order chi connectivity index (χ0) is 11.8. The lowest BCUT2D eigenvalue weighted by Gasteiger charge is -2.17. The molecule has 0 aromatic carbocycles. The summed E-state index contributed by atoms with van der Waals surface area (Å²) in [5.74, 6) is 6.03. The summed E-state index contributed by atoms with van der Waals surface area (Å²) in [6, 6.07) is 4.47. The zero-order valence-corrected chi connectivity index (χ0v) is 10.4. The maximum atomic E-state index is 4.49. The van der Waals surface area contributed by atoms with Crippen molar-refractivity contribution in [2.45, 2.75) is 39.2 Å². The molecule has 1 N–H and O–H groups in total. The Bertz CT molecular complexity index is 374. The maximum Gasteiger partial charge on any atom is 0.0605 e. The number of hydrogen-bond acceptors (Lipinski definition) is 2. The molecule has 1 atom stereocenters. The molecule has 0 bridgehead atoms. The van der Waals surface area contributed by atoms with Crippen molar-refractivity contribution in [3.8, 4) is 11.8 Å². The van der Waals surface area contributed by atoms with Crippen LogP contribution in [0.3, 0.4) is 0 Å². The molecule has 0 radical (unpaired) electrons. The molecule has 1 rings (SSSR count). The van der Waals surface area contributed by atoms with Gasteiger partial charge >= 0.3 is 0 Å². The van der Waals surface area contributed by atoms with Gasteiger partial charge in [-0.1, -0.05) is 13.0 Å². The molecule has 16 heavy (non-hydrogen) atoms. The quantitative estimate of drug-likeness (QED) is 0.765. The molecule has 1 heterocycles. The van der Waals surface area contributed by atoms with Crippen molar-refractivity contribution < 1.29 is 0 Å². The van der Waals surface area contributed by atoms with Crippen molar-refractivity contribution in [3.63, 3.8) is 0 Å². The summed E-state index contributed by atoms with van der Waals surface area (Å²) < 4.78 is 0. The van der Waals surface area contributed by atoms with Crippen molar-refractivity contribution in [1.82, 2.24) is 10.3 Å². The SMILES string of the molecule is CC#CCCC(NC)c1ncccc1CC. The van der Waals surface area contributed by atoms with E-state index in [0.717, 1.165) is 19.3 Å². The van der Waals surface area contributed by atoms with E-state index < -0.39 is 0 Å². The first-order valence-electron chi connectivity index (χ1n) is 5.84. The van der Waals surface area contributed by atoms with E-state index in [4.69, 9.17) is 0 Å². The minimum atomic E-state index is 0.317. The summed E-state index contributed by atoms with van der Waals surface area (Å²) in [7, 11) is 1.98. The molecular weight excluding hydrogens is 196 g/mol. The Balaban J connectivity index is 2.79. The molecule has 0 aliphatic heterocycles. The number of pyridine rings is 1. The normalized spacial score (nSPS) is 11.7. The fourth-order valence-corrected chi connectivity index (χ4v) is 1.82. The van der Waals surface area contributed by atoms with Crippen molar-refractivity contribution in [2.24, 2.45) is 0 Å². The largest absolute Gasteiger partial charge is 0.312 e. The van der Waals surface area contributed by atoms with Gasteiger partial charge in [0.15, 0.2) is 0 Å². The van der Waals surface area contributed by atoms with Gasteiger partial charge in [-0.3, -0.25) is 4.98 Å². The first-order valence-corrected chi connectivity index (χ1v) is 5.84. The predicted octanol–water partition coefficient (Wildman–Crippen LogP) is 2.71. The first kappa shape index (κ1) is 12.7. The first-order chi connectivity index (χ1) is 7.83. The molecule has 1 aromatic rings. The lowest BCUT2D eigenvalue weighted by Crippen LogP contribution is -2.19. The average molecular weight is 216 g/mol. The molecule has 0 spiro atoms. The third-order valence-electron chi connectivity index (χ3n) is 2.72. The molecular formula is C14H20N2. The molecule has 2 nitrogen and oxygen atoms in total. The number of aromatic nitrogens is 1. The van der Waals surface area contributed by atoms with Gasteiger partial charge in [0.1, 0.15) is 0 Å². The fraction of sp³-hybridized carbons (Fsp3) is 0.500. The maximum absolute atomic E-state index is 4.49. The van der Waals surface area contributed by atoms with Crippen LogP contribution in [0.5, 0.6) is 0 Å². The highest BCUT2D eigenvalue weighted by molar-refractivity contribution is 5.23. The molecule has 0 aliphatic carbocycles. The van der Waals surface area contributed by atoms with Crippen LogP contribution in [0.2, 0.25) is 0 Å². The van der Waals surface area contributed by atoms with Gasteiger partial charge in [0, 0.05) is 12.6 Å². The standard InChI is InChI=1S/C14H20N2/c1-4-6-7-10-13(15-3)14-12(5-2)9-8-11-16-14/h8-9,11,13,15H,5,7,10H2,1-3H3. The third kappa shape index (κ3) is 3.36. The fourth-order valence-electron chi connectivity index (χ4n) is 1.82. The Hall–Kier alpha value is -1.33. The molecule has 0 aliphatic rings. The summed E-state index contributed by atoms with van der Waals surface area (Å²) in [6.07, 6.45) is 4.83. The van der Waals surface area contributed by atoms with Crippen LogP contribution in [0.1, 0.15) is 44.0 Å². The minimum absolute atomic E-state index is 0.317. The topological polar surface area (TPSA) is 24.9 Å². The summed E-state index contributed by atoms with van der Waals surface area (Å²) in [5, 5.41) is 3.32. The van der Waals surface area contributed by atoms with Crippen LogP contribution in [-0.4, -0.2) is 12.0 Å². The third-order valence-corrected chi connectivity index (χ3v) is 2.72. The molecule has 0 saturated heterocycles. The van der Waals surface area contributed by atoms with E-state index >= 15 is 0 Å². The Kier molecular flexibility index (Phi) is 5.60. The number of aryl methyl sites for hydroxylation is 1. The Morgan fingerprint density at radius 3 is 2.94 bits per heavy atom. The molecule has 0 saturated carbocycles. The van der Waals surface area contributed by atoms with Crippen molar-refractivity contribution in [3.05, 3.63) is 29.6 Å². The van der Waals surface area contributed by atoms with Crippen LogP contribution >= 0.6 is 0 Å². The molecule has 1 aromatic heterocycles. The van der Waals surface area contributed by atoms with Crippen LogP contribution in [0.25, 0.3) is 0 Å². The highest BCUT2D eigenvalue weighted by Gasteiger charge is 2.12. The van der Waals surface area contributed by atoms with E-state index in [1.54, 1.807) is 0 Å². The second kappa shape index (κ2) is 7.03. The smallest absolute Gasteiger partial charge is 0.0605 e. The van der Waals surface area contributed by atoms with Crippen molar-refractivity contribution in [2.75, 3.05) is 7.05 Å². The van der Waals surface area contributed by atoms with E-state index in [0.29, 0.717) is 6.04 Å². The van der Waals surface area contributed by atoms with E-state index in [-0.39, 0.29) is 0 Å². The second-order valence-electron chi connectivity index (χ2n) is 3.71. The van der Waals surface area contributed by atoms with Crippen LogP contribution in [0, 0.1) is 11.8 Å². The van der Waals surface area contributed by atoms with Crippen molar-refractivity contribution in [1.29, 1.82) is 0 Å². The van der Waals surface area contributed by atoms with Crippen molar-refractivity contribution >= 4 is 0 Å². The Morgan fingerprint density at radius 2 is 2.31 bits per heavy atom. The van der Waals surface area contributed by atoms with Gasteiger partial charge in [0.25, 0.3) is 0 Å². The molecule has 86 valence electrons. The van der Waals surface area contributed by atoms with Gasteiger partial charge in [-0.2, -0.15) is 0 Å². The Morgan fingerprint density at radius 1 is 1.50 bits per heavy atom. The highest BCUT2D eigenvalue weighted by atomic mass is 14.9. The lowest BCUT2D eigenvalue weighted by atomic mass is 10.0. The number of nitrogens with one attached hydrogen (secondary N) is 1. The van der Waals surface area contributed by atoms with E-state index in [9.17, 15) is 0 Å². The van der Waals surface area contributed by atoms with Gasteiger partial charge in [-0.25, -0.2) is 0 Å². The highest BCUT2D eigenvalue weighted by Crippen LogP contribution is 2.19. The van der Waals surface area contributed by atoms with Crippen LogP contribution in [0.4, 0.5) is 0 Å². The van der Waals surface area contributed by atoms with Crippen LogP contribution in [-0.2, 0) is 6.42 Å². The van der Waals surface area contributed by atoms with Crippen LogP contribution < -0.4 is 5.32 Å². The average Bonchev–Trinajstić information content (AvgIpc) is 2.35. The van der Waals surface area contributed by atoms with E-state index in [1.807, 2.05) is 26.2 Å². The summed E-state index contributed by atoms with van der Waals surface area (Å²) in [6.45, 7) is 4.05. The van der Waals surface area contributed by atoms with Gasteiger partial charge in [0.05, 0.1) is 11.7 Å². The number of hydrogen-bond donors (Lipinski definition) is 1. The molecule has 1 unspecified atom stereocenters. The van der Waals surface area contributed by atoms with Gasteiger partial charge < -0.3 is 5.32 Å². The summed E-state index contributed by atoms with van der Waals surface area (Å²) in [4.78, 5) is 4.49. The minimum Gasteiger partial charge on any atom is -0.312 e. The van der Waals surface area contributed by atoms with E-state index in [2.05, 4.69) is 35.1 Å². The van der Waals surface area contributed by atoms with Gasteiger partial charge in [-0.15, -0.1) is 11.8 Å². The zero-order valence-electron chi connectivity index (χ0n) is 10.4. The van der Waals surface area contributed by atoms with E-state index in [1.165, 1.54) is 11.3 Å². The molecule has 2 heteroatoms. The predicted molar refractivity (Wildman–Crippen MR) is 68.1 cm³/mol. The summed E-state index contributed by atoms with van der Waals surface area (Å²) in [5.41, 5.74) is 2.50. The Labute approximate surface area is 98.5 Å². The van der Waals surface area contributed by atoms with Gasteiger partial charge in [0.2, 0.25) is 0 Å². The monoisotopic (exact) mass is 216 g/mol. The van der Waals surface area contributed by atoms with Crippen LogP contribution in [0.15, 0.2) is 18.3 Å². The van der Waals surface area contributed by atoms with Gasteiger partial charge in [-0.05, 0) is 38.4 Å². The summed E-state index contributed by atoms with van der Waals surface area (Å²) >= 11 is 0. The number of nitrogens with zero attached hydrogens (tertiary/aromatic N) is 1. The molecule has 0 fully saturated rings. The molecule has 0 amide bonds. The second-order valence-corrected chi connectivity index (χ2v) is 3.71.